The molecular formula is C18H21ClN4O2. The van der Waals surface area contributed by atoms with Crippen LogP contribution in [0, 0.1) is 5.92 Å². The molecule has 0 bridgehead atoms. The molecule has 0 unspecified atom stereocenters. The molecule has 1 aromatic heterocycles. The third kappa shape index (κ3) is 4.39. The standard InChI is InChI=1S/C18H21ClN4O2/c1-22-17(24)9-16(11-21-22)23-7-3-5-14(12-23)18(25)20-10-13-4-2-6-15(19)8-13/h2,4,6,8-9,11,14H,3,5,7,10,12H2,1H3,(H,20,25)/t14-/m0/s1. The number of aromatic nitrogens is 2. The highest BCUT2D eigenvalue weighted by atomic mass is 35.5. The van der Waals surface area contributed by atoms with E-state index in [0.29, 0.717) is 18.1 Å². The molecule has 1 aliphatic heterocycles. The van der Waals surface area contributed by atoms with Crippen LogP contribution in [0.3, 0.4) is 0 Å². The van der Waals surface area contributed by atoms with E-state index in [0.717, 1.165) is 30.6 Å². The van der Waals surface area contributed by atoms with Gasteiger partial charge in [-0.25, -0.2) is 4.68 Å². The lowest BCUT2D eigenvalue weighted by Crippen LogP contribution is -2.43. The zero-order valence-corrected chi connectivity index (χ0v) is 14.9. The fourth-order valence-corrected chi connectivity index (χ4v) is 3.25. The van der Waals surface area contributed by atoms with Crippen molar-refractivity contribution in [1.82, 2.24) is 15.1 Å². The van der Waals surface area contributed by atoms with E-state index in [1.54, 1.807) is 19.3 Å². The second kappa shape index (κ2) is 7.70. The molecule has 1 aliphatic rings. The van der Waals surface area contributed by atoms with Gasteiger partial charge in [-0.05, 0) is 30.5 Å². The van der Waals surface area contributed by atoms with E-state index < -0.39 is 0 Å². The summed E-state index contributed by atoms with van der Waals surface area (Å²) < 4.78 is 1.29. The third-order valence-corrected chi connectivity index (χ3v) is 4.70. The molecule has 0 aliphatic carbocycles. The highest BCUT2D eigenvalue weighted by Crippen LogP contribution is 2.22. The predicted octanol–water partition coefficient (Wildman–Crippen LogP) is 1.97. The van der Waals surface area contributed by atoms with Gasteiger partial charge in [0, 0.05) is 37.8 Å². The van der Waals surface area contributed by atoms with E-state index in [1.165, 1.54) is 4.68 Å². The van der Waals surface area contributed by atoms with Crippen molar-refractivity contribution in [2.75, 3.05) is 18.0 Å². The molecule has 0 spiro atoms. The Morgan fingerprint density at radius 1 is 1.40 bits per heavy atom. The SMILES string of the molecule is Cn1ncc(N2CCC[C@H](C(=O)NCc3cccc(Cl)c3)C2)cc1=O. The Morgan fingerprint density at radius 2 is 2.24 bits per heavy atom. The van der Waals surface area contributed by atoms with Gasteiger partial charge in [0.2, 0.25) is 5.91 Å². The summed E-state index contributed by atoms with van der Waals surface area (Å²) >= 11 is 5.97. The van der Waals surface area contributed by atoms with Crippen molar-refractivity contribution < 1.29 is 4.79 Å². The number of halogens is 1. The van der Waals surface area contributed by atoms with Gasteiger partial charge in [-0.15, -0.1) is 0 Å². The molecular weight excluding hydrogens is 340 g/mol. The lowest BCUT2D eigenvalue weighted by Gasteiger charge is -2.33. The fraction of sp³-hybridized carbons (Fsp3) is 0.389. The van der Waals surface area contributed by atoms with Crippen LogP contribution in [0.4, 0.5) is 5.69 Å². The quantitative estimate of drug-likeness (QED) is 0.905. The molecule has 1 aromatic carbocycles. The number of rotatable bonds is 4. The minimum Gasteiger partial charge on any atom is -0.369 e. The largest absolute Gasteiger partial charge is 0.369 e. The minimum absolute atomic E-state index is 0.0291. The zero-order chi connectivity index (χ0) is 17.8. The highest BCUT2D eigenvalue weighted by Gasteiger charge is 2.26. The van der Waals surface area contributed by atoms with Crippen molar-refractivity contribution in [1.29, 1.82) is 0 Å². The number of aryl methyl sites for hydroxylation is 1. The topological polar surface area (TPSA) is 67.2 Å². The summed E-state index contributed by atoms with van der Waals surface area (Å²) in [6, 6.07) is 9.03. The van der Waals surface area contributed by atoms with Gasteiger partial charge in [-0.2, -0.15) is 5.10 Å². The van der Waals surface area contributed by atoms with Crippen molar-refractivity contribution in [3.8, 4) is 0 Å². The number of carbonyl (C=O) groups excluding carboxylic acids is 1. The Morgan fingerprint density at radius 3 is 3.00 bits per heavy atom. The molecule has 25 heavy (non-hydrogen) atoms. The van der Waals surface area contributed by atoms with Gasteiger partial charge in [-0.3, -0.25) is 9.59 Å². The molecule has 0 radical (unpaired) electrons. The first-order valence-electron chi connectivity index (χ1n) is 8.33. The van der Waals surface area contributed by atoms with E-state index in [4.69, 9.17) is 11.6 Å². The second-order valence-corrected chi connectivity index (χ2v) is 6.74. The van der Waals surface area contributed by atoms with Crippen LogP contribution < -0.4 is 15.8 Å². The molecule has 1 N–H and O–H groups in total. The number of nitrogens with one attached hydrogen (secondary N) is 1. The summed E-state index contributed by atoms with van der Waals surface area (Å²) in [4.78, 5) is 26.3. The molecule has 2 aromatic rings. The van der Waals surface area contributed by atoms with Crippen LogP contribution in [0.1, 0.15) is 18.4 Å². The van der Waals surface area contributed by atoms with Crippen LogP contribution in [0.25, 0.3) is 0 Å². The molecule has 0 saturated carbocycles. The van der Waals surface area contributed by atoms with E-state index in [2.05, 4.69) is 15.3 Å². The molecule has 7 heteroatoms. The average Bonchev–Trinajstić information content (AvgIpc) is 2.62. The molecule has 1 saturated heterocycles. The minimum atomic E-state index is -0.148. The summed E-state index contributed by atoms with van der Waals surface area (Å²) in [5.41, 5.74) is 1.60. The van der Waals surface area contributed by atoms with Crippen molar-refractivity contribution in [2.24, 2.45) is 13.0 Å². The molecule has 6 nitrogen and oxygen atoms in total. The van der Waals surface area contributed by atoms with Crippen molar-refractivity contribution in [3.05, 3.63) is 57.5 Å². The van der Waals surface area contributed by atoms with Gasteiger partial charge in [0.15, 0.2) is 0 Å². The summed E-state index contributed by atoms with van der Waals surface area (Å²) in [6.07, 6.45) is 3.42. The Hall–Kier alpha value is -2.34. The van der Waals surface area contributed by atoms with E-state index in [1.807, 2.05) is 24.3 Å². The Labute approximate surface area is 151 Å². The molecule has 1 atom stereocenters. The van der Waals surface area contributed by atoms with Crippen molar-refractivity contribution in [2.45, 2.75) is 19.4 Å². The van der Waals surface area contributed by atoms with E-state index >= 15 is 0 Å². The summed E-state index contributed by atoms with van der Waals surface area (Å²) in [6.45, 7) is 1.88. The van der Waals surface area contributed by atoms with Gasteiger partial charge in [0.25, 0.3) is 5.56 Å². The van der Waals surface area contributed by atoms with E-state index in [9.17, 15) is 9.59 Å². The number of anilines is 1. The molecule has 3 rings (SSSR count). The maximum atomic E-state index is 12.5. The van der Waals surface area contributed by atoms with Crippen molar-refractivity contribution >= 4 is 23.2 Å². The summed E-state index contributed by atoms with van der Waals surface area (Å²) in [5.74, 6) is -0.0709. The van der Waals surface area contributed by atoms with Crippen LogP contribution in [-0.4, -0.2) is 28.8 Å². The van der Waals surface area contributed by atoms with Gasteiger partial charge in [0.1, 0.15) is 0 Å². The van der Waals surface area contributed by atoms with Crippen LogP contribution >= 0.6 is 11.6 Å². The number of hydrogen-bond donors (Lipinski definition) is 1. The monoisotopic (exact) mass is 360 g/mol. The molecule has 1 fully saturated rings. The Balaban J connectivity index is 1.61. The number of amides is 1. The lowest BCUT2D eigenvalue weighted by molar-refractivity contribution is -0.125. The number of piperidine rings is 1. The van der Waals surface area contributed by atoms with Gasteiger partial charge in [0.05, 0.1) is 17.8 Å². The first kappa shape index (κ1) is 17.5. The smallest absolute Gasteiger partial charge is 0.268 e. The van der Waals surface area contributed by atoms with Crippen LogP contribution in [0.2, 0.25) is 5.02 Å². The lowest BCUT2D eigenvalue weighted by atomic mass is 9.96. The maximum absolute atomic E-state index is 12.5. The average molecular weight is 361 g/mol. The van der Waals surface area contributed by atoms with Crippen LogP contribution in [0.5, 0.6) is 0 Å². The Bertz CT molecular complexity index is 821. The number of hydrogen-bond acceptors (Lipinski definition) is 4. The third-order valence-electron chi connectivity index (χ3n) is 4.47. The summed E-state index contributed by atoms with van der Waals surface area (Å²) in [7, 11) is 1.62. The normalized spacial score (nSPS) is 17.4. The van der Waals surface area contributed by atoms with Gasteiger partial charge >= 0.3 is 0 Å². The molecule has 2 heterocycles. The summed E-state index contributed by atoms with van der Waals surface area (Å²) in [5, 5.41) is 7.70. The van der Waals surface area contributed by atoms with Crippen LogP contribution in [0.15, 0.2) is 41.3 Å². The van der Waals surface area contributed by atoms with Gasteiger partial charge < -0.3 is 10.2 Å². The second-order valence-electron chi connectivity index (χ2n) is 6.31. The maximum Gasteiger partial charge on any atom is 0.268 e. The number of benzene rings is 1. The predicted molar refractivity (Wildman–Crippen MR) is 97.7 cm³/mol. The molecule has 1 amide bonds. The van der Waals surface area contributed by atoms with E-state index in [-0.39, 0.29) is 17.4 Å². The van der Waals surface area contributed by atoms with Crippen LogP contribution in [-0.2, 0) is 18.4 Å². The first-order valence-corrected chi connectivity index (χ1v) is 8.71. The first-order chi connectivity index (χ1) is 12.0. The molecule has 132 valence electrons. The number of carbonyl (C=O) groups is 1. The Kier molecular flexibility index (Phi) is 5.38. The fourth-order valence-electron chi connectivity index (χ4n) is 3.04. The zero-order valence-electron chi connectivity index (χ0n) is 14.1. The van der Waals surface area contributed by atoms with Crippen molar-refractivity contribution in [3.63, 3.8) is 0 Å². The highest BCUT2D eigenvalue weighted by molar-refractivity contribution is 6.30. The number of nitrogens with zero attached hydrogens (tertiary/aromatic N) is 3. The van der Waals surface area contributed by atoms with Gasteiger partial charge in [-0.1, -0.05) is 23.7 Å².